The Morgan fingerprint density at radius 3 is 2.53 bits per heavy atom. The molecule has 0 spiro atoms. The van der Waals surface area contributed by atoms with Crippen LogP contribution in [0.5, 0.6) is 0 Å². The minimum absolute atomic E-state index is 0.219. The van der Waals surface area contributed by atoms with Gasteiger partial charge < -0.3 is 10.2 Å². The Hall–Kier alpha value is -1.11. The lowest BCUT2D eigenvalue weighted by molar-refractivity contribution is 0.217. The molecule has 1 N–H and O–H groups in total. The fraction of sp³-hybridized carbons (Fsp3) is 0.364. The average molecular weight is 319 g/mol. The van der Waals surface area contributed by atoms with E-state index in [1.165, 1.54) is 0 Å². The van der Waals surface area contributed by atoms with Gasteiger partial charge in [0.2, 0.25) is 0 Å². The molecule has 0 unspecified atom stereocenters. The molecule has 102 valence electrons. The molecular formula is C11H12Cl2N4OS. The maximum atomic E-state index is 12.1. The van der Waals surface area contributed by atoms with Crippen molar-refractivity contribution in [3.63, 3.8) is 0 Å². The highest BCUT2D eigenvalue weighted by molar-refractivity contribution is 7.58. The second-order valence-electron chi connectivity index (χ2n) is 3.78. The molecule has 0 radical (unpaired) electrons. The summed E-state index contributed by atoms with van der Waals surface area (Å²) in [4.78, 5) is 13.7. The van der Waals surface area contributed by atoms with Gasteiger partial charge in [-0.3, -0.25) is 0 Å². The highest BCUT2D eigenvalue weighted by Gasteiger charge is 2.21. The standard InChI is InChI=1S/C11H12Cl2N4OS/c1-3-17(4-2)11(18)14-8-6(12)5-7(13)9-10(8)16-19-15-9/h5H,3-4H2,1-2H3,(H,14,18). The molecule has 8 heteroatoms. The summed E-state index contributed by atoms with van der Waals surface area (Å²) in [6.45, 7) is 5.05. The van der Waals surface area contributed by atoms with E-state index in [1.807, 2.05) is 13.8 Å². The van der Waals surface area contributed by atoms with Gasteiger partial charge in [-0.05, 0) is 19.9 Å². The monoisotopic (exact) mass is 318 g/mol. The number of rotatable bonds is 3. The number of amides is 2. The van der Waals surface area contributed by atoms with Gasteiger partial charge in [0, 0.05) is 13.1 Å². The molecule has 0 saturated carbocycles. The first kappa shape index (κ1) is 14.3. The Morgan fingerprint density at radius 2 is 1.89 bits per heavy atom. The van der Waals surface area contributed by atoms with Crippen LogP contribution in [0, 0.1) is 0 Å². The Morgan fingerprint density at radius 1 is 1.26 bits per heavy atom. The topological polar surface area (TPSA) is 57.1 Å². The number of fused-ring (bicyclic) bond motifs is 1. The smallest absolute Gasteiger partial charge is 0.321 e. The third-order valence-electron chi connectivity index (χ3n) is 2.73. The molecular weight excluding hydrogens is 307 g/mol. The van der Waals surface area contributed by atoms with Crippen molar-refractivity contribution in [3.8, 4) is 0 Å². The lowest BCUT2D eigenvalue weighted by Crippen LogP contribution is -2.34. The molecule has 1 heterocycles. The van der Waals surface area contributed by atoms with E-state index in [0.29, 0.717) is 40.2 Å². The van der Waals surface area contributed by atoms with Gasteiger partial charge in [0.15, 0.2) is 0 Å². The zero-order chi connectivity index (χ0) is 14.0. The van der Waals surface area contributed by atoms with Crippen molar-refractivity contribution >= 4 is 57.6 Å². The first-order valence-corrected chi connectivity index (χ1v) is 7.23. The highest BCUT2D eigenvalue weighted by atomic mass is 35.5. The molecule has 0 atom stereocenters. The average Bonchev–Trinajstić information content (AvgIpc) is 2.85. The van der Waals surface area contributed by atoms with Crippen LogP contribution in [0.2, 0.25) is 10.0 Å². The van der Waals surface area contributed by atoms with Crippen molar-refractivity contribution in [3.05, 3.63) is 16.1 Å². The highest BCUT2D eigenvalue weighted by Crippen LogP contribution is 2.47. The van der Waals surface area contributed by atoms with Crippen LogP contribution in [-0.4, -0.2) is 24.0 Å². The van der Waals surface area contributed by atoms with Gasteiger partial charge in [-0.2, -0.15) is 8.73 Å². The summed E-state index contributed by atoms with van der Waals surface area (Å²) in [6, 6.07) is 1.34. The number of urea groups is 1. The van der Waals surface area contributed by atoms with Crippen LogP contribution in [0.3, 0.4) is 0 Å². The van der Waals surface area contributed by atoms with Gasteiger partial charge in [0.1, 0.15) is 11.4 Å². The van der Waals surface area contributed by atoms with Gasteiger partial charge in [-0.1, -0.05) is 23.2 Å². The number of carbonyl (C=O) groups excluding carboxylic acids is 1. The summed E-state index contributed by atoms with van der Waals surface area (Å²) in [6.07, 6.45) is 0. The molecule has 1 aliphatic heterocycles. The van der Waals surface area contributed by atoms with E-state index in [4.69, 9.17) is 23.2 Å². The van der Waals surface area contributed by atoms with Crippen LogP contribution in [0.15, 0.2) is 14.8 Å². The number of anilines is 1. The van der Waals surface area contributed by atoms with Crippen molar-refractivity contribution in [2.24, 2.45) is 8.73 Å². The first-order chi connectivity index (χ1) is 9.08. The quantitative estimate of drug-likeness (QED) is 0.883. The van der Waals surface area contributed by atoms with E-state index >= 15 is 0 Å². The Labute approximate surface area is 124 Å². The number of nitrogens with zero attached hydrogens (tertiary/aromatic N) is 3. The molecule has 1 aromatic rings. The second kappa shape index (κ2) is 5.90. The molecule has 0 fully saturated rings. The van der Waals surface area contributed by atoms with Gasteiger partial charge in [0.05, 0.1) is 27.1 Å². The molecule has 1 aliphatic rings. The van der Waals surface area contributed by atoms with Gasteiger partial charge in [-0.25, -0.2) is 4.79 Å². The van der Waals surface area contributed by atoms with Crippen molar-refractivity contribution in [1.29, 1.82) is 0 Å². The lowest BCUT2D eigenvalue weighted by Gasteiger charge is -2.20. The van der Waals surface area contributed by atoms with Crippen LogP contribution in [-0.2, 0) is 11.4 Å². The van der Waals surface area contributed by atoms with Crippen molar-refractivity contribution < 1.29 is 4.79 Å². The van der Waals surface area contributed by atoms with Crippen LogP contribution in [0.25, 0.3) is 0 Å². The fourth-order valence-corrected chi connectivity index (χ4v) is 2.85. The number of hydrogen-bond donors (Lipinski definition) is 1. The summed E-state index contributed by atoms with van der Waals surface area (Å²) in [5.74, 6) is 0. The molecule has 0 aliphatic carbocycles. The number of benzene rings is 1. The SMILES string of the molecule is CCN(CC)C(=O)Nc1c(Cl)cc(Cl)c2c1N=S=N2. The molecule has 19 heavy (non-hydrogen) atoms. The van der Waals surface area contributed by atoms with Crippen LogP contribution < -0.4 is 5.32 Å². The van der Waals surface area contributed by atoms with Crippen LogP contribution in [0.4, 0.5) is 21.9 Å². The van der Waals surface area contributed by atoms with Crippen LogP contribution >= 0.6 is 23.2 Å². The maximum absolute atomic E-state index is 12.1. The van der Waals surface area contributed by atoms with E-state index < -0.39 is 0 Å². The third kappa shape index (κ3) is 2.75. The minimum Gasteiger partial charge on any atom is -0.325 e. The van der Waals surface area contributed by atoms with Crippen molar-refractivity contribution in [1.82, 2.24) is 4.90 Å². The van der Waals surface area contributed by atoms with E-state index in [0.717, 1.165) is 11.4 Å². The zero-order valence-electron chi connectivity index (χ0n) is 10.4. The number of halogens is 2. The normalized spacial score (nSPS) is 12.0. The van der Waals surface area contributed by atoms with E-state index in [2.05, 4.69) is 14.0 Å². The number of nitrogens with one attached hydrogen (secondary N) is 1. The second-order valence-corrected chi connectivity index (χ2v) is 5.12. The van der Waals surface area contributed by atoms with Gasteiger partial charge >= 0.3 is 6.03 Å². The number of hydrogen-bond acceptors (Lipinski definition) is 3. The van der Waals surface area contributed by atoms with Gasteiger partial charge in [-0.15, -0.1) is 0 Å². The largest absolute Gasteiger partial charge is 0.325 e. The maximum Gasteiger partial charge on any atom is 0.321 e. The summed E-state index contributed by atoms with van der Waals surface area (Å²) < 4.78 is 8.22. The third-order valence-corrected chi connectivity index (χ3v) is 3.84. The molecule has 0 aromatic heterocycles. The van der Waals surface area contributed by atoms with Crippen LogP contribution in [0.1, 0.15) is 13.8 Å². The lowest BCUT2D eigenvalue weighted by atomic mass is 10.2. The van der Waals surface area contributed by atoms with E-state index in [9.17, 15) is 4.79 Å². The van der Waals surface area contributed by atoms with E-state index in [1.54, 1.807) is 11.0 Å². The molecule has 1 aromatic carbocycles. The molecule has 2 amide bonds. The van der Waals surface area contributed by atoms with Gasteiger partial charge in [0.25, 0.3) is 0 Å². The Bertz CT molecular complexity index is 595. The summed E-state index contributed by atoms with van der Waals surface area (Å²) in [7, 11) is 0. The molecule has 2 rings (SSSR count). The molecule has 5 nitrogen and oxygen atoms in total. The molecule has 0 bridgehead atoms. The fourth-order valence-electron chi connectivity index (χ4n) is 1.69. The zero-order valence-corrected chi connectivity index (χ0v) is 12.7. The Balaban J connectivity index is 2.35. The van der Waals surface area contributed by atoms with Crippen molar-refractivity contribution in [2.45, 2.75) is 13.8 Å². The summed E-state index contributed by atoms with van der Waals surface area (Å²) in [5, 5.41) is 3.55. The molecule has 0 saturated heterocycles. The predicted octanol–water partition coefficient (Wildman–Crippen LogP) is 4.59. The summed E-state index contributed by atoms with van der Waals surface area (Å²) in [5.41, 5.74) is 1.51. The number of carbonyl (C=O) groups is 1. The van der Waals surface area contributed by atoms with Crippen molar-refractivity contribution in [2.75, 3.05) is 18.4 Å². The Kier molecular flexibility index (Phi) is 4.44. The predicted molar refractivity (Wildman–Crippen MR) is 79.9 cm³/mol. The minimum atomic E-state index is -0.219. The summed E-state index contributed by atoms with van der Waals surface area (Å²) >= 11 is 13.2. The first-order valence-electron chi connectivity index (χ1n) is 5.74. The van der Waals surface area contributed by atoms with E-state index in [-0.39, 0.29) is 6.03 Å².